The number of nitrogens with one attached hydrogen (secondary N) is 1. The Labute approximate surface area is 130 Å². The van der Waals surface area contributed by atoms with Crippen LogP contribution in [0.3, 0.4) is 0 Å². The van der Waals surface area contributed by atoms with Crippen LogP contribution >= 0.6 is 0 Å². The van der Waals surface area contributed by atoms with Gasteiger partial charge in [-0.3, -0.25) is 4.79 Å². The van der Waals surface area contributed by atoms with Crippen molar-refractivity contribution >= 4 is 11.6 Å². The number of hydrogen-bond donors (Lipinski definition) is 1. The molecule has 1 N–H and O–H groups in total. The zero-order chi connectivity index (χ0) is 16.4. The maximum atomic E-state index is 13.0. The third-order valence-corrected chi connectivity index (χ3v) is 4.31. The predicted octanol–water partition coefficient (Wildman–Crippen LogP) is 2.22. The van der Waals surface area contributed by atoms with Gasteiger partial charge in [0, 0.05) is 18.3 Å². The minimum absolute atomic E-state index is 0.0269. The number of halogens is 3. The first-order valence-corrected chi connectivity index (χ1v) is 7.48. The van der Waals surface area contributed by atoms with Crippen LogP contribution in [0, 0.1) is 11.8 Å². The van der Waals surface area contributed by atoms with E-state index >= 15 is 0 Å². The van der Waals surface area contributed by atoms with E-state index in [0.29, 0.717) is 24.1 Å². The van der Waals surface area contributed by atoms with Gasteiger partial charge in [0.1, 0.15) is 0 Å². The number of tetrazole rings is 1. The van der Waals surface area contributed by atoms with E-state index < -0.39 is 23.9 Å². The van der Waals surface area contributed by atoms with Crippen molar-refractivity contribution in [2.45, 2.75) is 31.9 Å². The van der Waals surface area contributed by atoms with Crippen molar-refractivity contribution in [2.75, 3.05) is 6.54 Å². The lowest BCUT2D eigenvalue weighted by Gasteiger charge is -2.33. The number of carbonyl (C=O) groups is 1. The molecule has 1 saturated carbocycles. The molecular formula is C14H16F3N5O. The van der Waals surface area contributed by atoms with Crippen molar-refractivity contribution < 1.29 is 18.0 Å². The van der Waals surface area contributed by atoms with E-state index in [1.54, 1.807) is 0 Å². The largest absolute Gasteiger partial charge is 0.392 e. The molecular weight excluding hydrogens is 311 g/mol. The van der Waals surface area contributed by atoms with Gasteiger partial charge in [-0.15, -0.1) is 5.10 Å². The zero-order valence-corrected chi connectivity index (χ0v) is 12.3. The molecule has 0 spiro atoms. The highest BCUT2D eigenvalue weighted by Gasteiger charge is 2.45. The summed E-state index contributed by atoms with van der Waals surface area (Å²) in [5.41, 5.74) is 0.732. The van der Waals surface area contributed by atoms with E-state index in [4.69, 9.17) is 0 Å². The molecule has 0 unspecified atom stereocenters. The summed E-state index contributed by atoms with van der Waals surface area (Å²) >= 11 is 0. The van der Waals surface area contributed by atoms with Gasteiger partial charge in [0.25, 0.3) is 5.91 Å². The molecule has 0 saturated heterocycles. The van der Waals surface area contributed by atoms with Crippen LogP contribution in [-0.4, -0.2) is 38.7 Å². The van der Waals surface area contributed by atoms with Gasteiger partial charge in [0.15, 0.2) is 5.65 Å². The first-order valence-electron chi connectivity index (χ1n) is 7.48. The van der Waals surface area contributed by atoms with Crippen molar-refractivity contribution in [3.63, 3.8) is 0 Å². The summed E-state index contributed by atoms with van der Waals surface area (Å²) in [4.78, 5) is 12.1. The first-order chi connectivity index (χ1) is 10.9. The summed E-state index contributed by atoms with van der Waals surface area (Å²) < 4.78 is 40.5. The number of aromatic nitrogens is 4. The highest BCUT2D eigenvalue weighted by Crippen LogP contribution is 2.41. The first kappa shape index (κ1) is 15.7. The summed E-state index contributed by atoms with van der Waals surface area (Å²) in [6.45, 7) is 0.0269. The zero-order valence-electron chi connectivity index (χ0n) is 12.3. The molecule has 1 aliphatic rings. The number of alkyl halides is 3. The molecule has 1 fully saturated rings. The van der Waals surface area contributed by atoms with E-state index in [9.17, 15) is 18.0 Å². The number of carbonyl (C=O) groups excluding carboxylic acids is 1. The van der Waals surface area contributed by atoms with Crippen molar-refractivity contribution in [2.24, 2.45) is 11.8 Å². The van der Waals surface area contributed by atoms with Crippen molar-refractivity contribution in [1.29, 1.82) is 0 Å². The van der Waals surface area contributed by atoms with Crippen LogP contribution in [-0.2, 0) is 0 Å². The molecule has 0 radical (unpaired) electrons. The Hall–Kier alpha value is -2.19. The Morgan fingerprint density at radius 2 is 2.13 bits per heavy atom. The fourth-order valence-electron chi connectivity index (χ4n) is 3.09. The molecule has 2 heterocycles. The van der Waals surface area contributed by atoms with Crippen LogP contribution in [0.1, 0.15) is 36.0 Å². The van der Waals surface area contributed by atoms with Gasteiger partial charge >= 0.3 is 6.18 Å². The molecule has 1 amide bonds. The van der Waals surface area contributed by atoms with E-state index in [0.717, 1.165) is 6.42 Å². The number of amides is 1. The smallest absolute Gasteiger partial charge is 0.352 e. The number of hydrogen-bond acceptors (Lipinski definition) is 4. The maximum Gasteiger partial charge on any atom is 0.392 e. The monoisotopic (exact) mass is 327 g/mol. The van der Waals surface area contributed by atoms with Crippen LogP contribution < -0.4 is 5.32 Å². The topological polar surface area (TPSA) is 72.2 Å². The molecule has 23 heavy (non-hydrogen) atoms. The highest BCUT2D eigenvalue weighted by molar-refractivity contribution is 5.94. The standard InChI is InChI=1S/C14H16F3N5O/c15-14(16,17)11-4-2-1-3-10(11)8-18-13(23)9-5-6-22-12(7-9)19-20-21-22/h5-7,10-11H,1-4,8H2,(H,18,23)/t10-,11-/m1/s1. The average Bonchev–Trinajstić information content (AvgIpc) is 2.99. The SMILES string of the molecule is O=C(NC[C@H]1CCCC[C@H]1C(F)(F)F)c1ccn2nnnc2c1. The molecule has 9 heteroatoms. The molecule has 3 rings (SSSR count). The molecule has 124 valence electrons. The Kier molecular flexibility index (Phi) is 4.18. The minimum Gasteiger partial charge on any atom is -0.352 e. The van der Waals surface area contributed by atoms with Crippen LogP contribution in [0.15, 0.2) is 18.3 Å². The number of rotatable bonds is 3. The van der Waals surface area contributed by atoms with Gasteiger partial charge in [-0.1, -0.05) is 12.8 Å². The average molecular weight is 327 g/mol. The molecule has 2 aromatic heterocycles. The van der Waals surface area contributed by atoms with Crippen LogP contribution in [0.4, 0.5) is 13.2 Å². The highest BCUT2D eigenvalue weighted by atomic mass is 19.4. The molecule has 0 aromatic carbocycles. The number of nitrogens with zero attached hydrogens (tertiary/aromatic N) is 4. The van der Waals surface area contributed by atoms with Gasteiger partial charge in [0.2, 0.25) is 0 Å². The summed E-state index contributed by atoms with van der Waals surface area (Å²) in [7, 11) is 0. The van der Waals surface area contributed by atoms with Crippen molar-refractivity contribution in [1.82, 2.24) is 25.4 Å². The summed E-state index contributed by atoms with van der Waals surface area (Å²) in [6, 6.07) is 3.03. The number of pyridine rings is 1. The second kappa shape index (κ2) is 6.13. The predicted molar refractivity (Wildman–Crippen MR) is 74.6 cm³/mol. The minimum atomic E-state index is -4.21. The summed E-state index contributed by atoms with van der Waals surface area (Å²) in [5, 5.41) is 13.5. The van der Waals surface area contributed by atoms with Gasteiger partial charge < -0.3 is 5.32 Å². The fourth-order valence-corrected chi connectivity index (χ4v) is 3.09. The molecule has 1 aliphatic carbocycles. The van der Waals surface area contributed by atoms with E-state index in [1.807, 2.05) is 0 Å². The molecule has 6 nitrogen and oxygen atoms in total. The molecule has 2 aromatic rings. The summed E-state index contributed by atoms with van der Waals surface area (Å²) in [5.74, 6) is -2.31. The quantitative estimate of drug-likeness (QED) is 0.938. The van der Waals surface area contributed by atoms with Gasteiger partial charge in [-0.25, -0.2) is 4.52 Å². The van der Waals surface area contributed by atoms with Crippen LogP contribution in [0.5, 0.6) is 0 Å². The van der Waals surface area contributed by atoms with Crippen molar-refractivity contribution in [3.05, 3.63) is 23.9 Å². The molecule has 0 aliphatic heterocycles. The van der Waals surface area contributed by atoms with Crippen molar-refractivity contribution in [3.8, 4) is 0 Å². The number of fused-ring (bicyclic) bond motifs is 1. The third-order valence-electron chi connectivity index (χ3n) is 4.31. The molecule has 2 atom stereocenters. The van der Waals surface area contributed by atoms with E-state index in [-0.39, 0.29) is 13.0 Å². The summed E-state index contributed by atoms with van der Waals surface area (Å²) in [6.07, 6.45) is -0.694. The Morgan fingerprint density at radius 1 is 1.35 bits per heavy atom. The normalized spacial score (nSPS) is 22.2. The third kappa shape index (κ3) is 3.43. The second-order valence-corrected chi connectivity index (χ2v) is 5.80. The maximum absolute atomic E-state index is 13.0. The Bertz CT molecular complexity index is 699. The Balaban J connectivity index is 1.65. The second-order valence-electron chi connectivity index (χ2n) is 5.80. The molecule has 0 bridgehead atoms. The van der Waals surface area contributed by atoms with E-state index in [1.165, 1.54) is 22.8 Å². The van der Waals surface area contributed by atoms with Gasteiger partial charge in [-0.2, -0.15) is 13.2 Å². The van der Waals surface area contributed by atoms with Gasteiger partial charge in [0.05, 0.1) is 5.92 Å². The van der Waals surface area contributed by atoms with Crippen LogP contribution in [0.25, 0.3) is 5.65 Å². The van der Waals surface area contributed by atoms with Crippen LogP contribution in [0.2, 0.25) is 0 Å². The van der Waals surface area contributed by atoms with Gasteiger partial charge in [-0.05, 0) is 41.3 Å². The lowest BCUT2D eigenvalue weighted by Crippen LogP contribution is -2.40. The lowest BCUT2D eigenvalue weighted by molar-refractivity contribution is -0.195. The fraction of sp³-hybridized carbons (Fsp3) is 0.571. The van der Waals surface area contributed by atoms with E-state index in [2.05, 4.69) is 20.8 Å². The lowest BCUT2D eigenvalue weighted by atomic mass is 9.78. The Morgan fingerprint density at radius 3 is 2.91 bits per heavy atom.